The van der Waals surface area contributed by atoms with Gasteiger partial charge in [0.15, 0.2) is 0 Å². The number of piperidine rings is 1. The Labute approximate surface area is 183 Å². The van der Waals surface area contributed by atoms with E-state index in [0.29, 0.717) is 34.5 Å². The predicted octanol–water partition coefficient (Wildman–Crippen LogP) is 4.86. The molecule has 0 bridgehead atoms. The van der Waals surface area contributed by atoms with E-state index in [0.717, 1.165) is 17.8 Å². The van der Waals surface area contributed by atoms with Crippen LogP contribution >= 0.6 is 22.9 Å². The number of rotatable bonds is 4. The number of nitrogens with one attached hydrogen (secondary N) is 2. The van der Waals surface area contributed by atoms with Crippen LogP contribution in [0.15, 0.2) is 54.6 Å². The summed E-state index contributed by atoms with van der Waals surface area (Å²) in [4.78, 5) is 26.8. The number of urea groups is 1. The molecule has 0 spiro atoms. The van der Waals surface area contributed by atoms with Crippen molar-refractivity contribution in [2.45, 2.75) is 18.8 Å². The van der Waals surface area contributed by atoms with Crippen LogP contribution < -0.4 is 10.6 Å². The Bertz CT molecular complexity index is 1030. The van der Waals surface area contributed by atoms with Gasteiger partial charge in [0.1, 0.15) is 5.01 Å². The van der Waals surface area contributed by atoms with Gasteiger partial charge in [0.25, 0.3) is 5.91 Å². The molecule has 0 aliphatic carbocycles. The van der Waals surface area contributed by atoms with E-state index in [1.54, 1.807) is 29.2 Å². The molecule has 1 atom stereocenters. The molecule has 1 fully saturated rings. The summed E-state index contributed by atoms with van der Waals surface area (Å²) in [5.41, 5.74) is 1.41. The molecule has 154 valence electrons. The van der Waals surface area contributed by atoms with Crippen LogP contribution in [0.5, 0.6) is 0 Å². The quantitative estimate of drug-likeness (QED) is 0.605. The van der Waals surface area contributed by atoms with Gasteiger partial charge in [-0.05, 0) is 49.2 Å². The van der Waals surface area contributed by atoms with Crippen molar-refractivity contribution in [3.8, 4) is 0 Å². The van der Waals surface area contributed by atoms with Crippen LogP contribution in [0, 0.1) is 0 Å². The number of amides is 3. The van der Waals surface area contributed by atoms with Crippen LogP contribution in [0.3, 0.4) is 0 Å². The number of nitrogens with zero attached hydrogens (tertiary/aromatic N) is 3. The summed E-state index contributed by atoms with van der Waals surface area (Å²) in [7, 11) is 0. The van der Waals surface area contributed by atoms with E-state index in [4.69, 9.17) is 11.6 Å². The molecule has 2 N–H and O–H groups in total. The normalized spacial score (nSPS) is 16.2. The molecule has 3 amide bonds. The Morgan fingerprint density at radius 3 is 2.50 bits per heavy atom. The highest BCUT2D eigenvalue weighted by Gasteiger charge is 2.28. The Morgan fingerprint density at radius 2 is 1.73 bits per heavy atom. The van der Waals surface area contributed by atoms with Gasteiger partial charge in [-0.25, -0.2) is 4.79 Å². The van der Waals surface area contributed by atoms with Crippen molar-refractivity contribution in [3.05, 3.63) is 69.6 Å². The first-order chi connectivity index (χ1) is 14.6. The summed E-state index contributed by atoms with van der Waals surface area (Å²) in [6, 6.07) is 16.1. The smallest absolute Gasteiger partial charge is 0.321 e. The van der Waals surface area contributed by atoms with Crippen molar-refractivity contribution in [3.63, 3.8) is 0 Å². The number of carbonyl (C=O) groups is 2. The van der Waals surface area contributed by atoms with Gasteiger partial charge in [0.2, 0.25) is 5.01 Å². The Hall–Kier alpha value is -2.97. The first-order valence-corrected chi connectivity index (χ1v) is 10.8. The van der Waals surface area contributed by atoms with Gasteiger partial charge in [-0.3, -0.25) is 4.79 Å². The van der Waals surface area contributed by atoms with Crippen molar-refractivity contribution in [2.24, 2.45) is 0 Å². The maximum atomic E-state index is 12.6. The standard InChI is InChI=1S/C21H20ClN5O2S/c22-15-8-10-17(11-9-15)24-21(29)27-12-4-5-14(13-27)19-25-26-20(30-19)18(28)23-16-6-2-1-3-7-16/h1-3,6-11,14H,4-5,12-13H2,(H,23,28)(H,24,29). The predicted molar refractivity (Wildman–Crippen MR) is 118 cm³/mol. The maximum Gasteiger partial charge on any atom is 0.321 e. The summed E-state index contributed by atoms with van der Waals surface area (Å²) in [5.74, 6) is -0.219. The third-order valence-electron chi connectivity index (χ3n) is 4.82. The molecule has 0 saturated carbocycles. The largest absolute Gasteiger partial charge is 0.324 e. The molecule has 1 aliphatic rings. The van der Waals surface area contributed by atoms with E-state index < -0.39 is 0 Å². The number of halogens is 1. The molecule has 2 aromatic carbocycles. The van der Waals surface area contributed by atoms with Crippen LogP contribution in [-0.4, -0.2) is 40.1 Å². The summed E-state index contributed by atoms with van der Waals surface area (Å²) >= 11 is 7.17. The van der Waals surface area contributed by atoms with Crippen molar-refractivity contribution in [1.82, 2.24) is 15.1 Å². The zero-order chi connectivity index (χ0) is 20.9. The number of para-hydroxylation sites is 1. The van der Waals surface area contributed by atoms with E-state index in [9.17, 15) is 9.59 Å². The first-order valence-electron chi connectivity index (χ1n) is 9.60. The van der Waals surface area contributed by atoms with Gasteiger partial charge in [0.05, 0.1) is 0 Å². The van der Waals surface area contributed by atoms with E-state index >= 15 is 0 Å². The van der Waals surface area contributed by atoms with E-state index in [1.807, 2.05) is 30.3 Å². The molecule has 9 heteroatoms. The average Bonchev–Trinajstić information content (AvgIpc) is 3.27. The Balaban J connectivity index is 1.38. The Kier molecular flexibility index (Phi) is 6.25. The fourth-order valence-corrected chi connectivity index (χ4v) is 4.29. The highest BCUT2D eigenvalue weighted by molar-refractivity contribution is 7.13. The molecule has 1 saturated heterocycles. The monoisotopic (exact) mass is 441 g/mol. The van der Waals surface area contributed by atoms with Gasteiger partial charge in [0, 0.05) is 35.4 Å². The fraction of sp³-hybridized carbons (Fsp3) is 0.238. The molecule has 1 aliphatic heterocycles. The van der Waals surface area contributed by atoms with Crippen LogP contribution in [-0.2, 0) is 0 Å². The van der Waals surface area contributed by atoms with Crippen LogP contribution in [0.2, 0.25) is 5.02 Å². The molecule has 0 radical (unpaired) electrons. The highest BCUT2D eigenvalue weighted by Crippen LogP contribution is 2.29. The lowest BCUT2D eigenvalue weighted by molar-refractivity contribution is 0.102. The van der Waals surface area contributed by atoms with Crippen LogP contribution in [0.1, 0.15) is 33.6 Å². The third kappa shape index (κ3) is 4.95. The molecule has 30 heavy (non-hydrogen) atoms. The number of aromatic nitrogens is 2. The van der Waals surface area contributed by atoms with Gasteiger partial charge in [-0.1, -0.05) is 41.1 Å². The minimum absolute atomic E-state index is 0.0606. The van der Waals surface area contributed by atoms with E-state index in [1.165, 1.54) is 11.3 Å². The van der Waals surface area contributed by atoms with Crippen molar-refractivity contribution < 1.29 is 9.59 Å². The highest BCUT2D eigenvalue weighted by atomic mass is 35.5. The molecule has 2 heterocycles. The van der Waals surface area contributed by atoms with Gasteiger partial charge < -0.3 is 15.5 Å². The molecule has 1 unspecified atom stereocenters. The lowest BCUT2D eigenvalue weighted by Crippen LogP contribution is -2.41. The number of hydrogen-bond acceptors (Lipinski definition) is 5. The number of likely N-dealkylation sites (tertiary alicyclic amines) is 1. The lowest BCUT2D eigenvalue weighted by atomic mass is 9.99. The average molecular weight is 442 g/mol. The van der Waals surface area contributed by atoms with Crippen molar-refractivity contribution in [2.75, 3.05) is 23.7 Å². The zero-order valence-corrected chi connectivity index (χ0v) is 17.6. The molecule has 1 aromatic heterocycles. The number of carbonyl (C=O) groups excluding carboxylic acids is 2. The second-order valence-corrected chi connectivity index (χ2v) is 8.43. The number of anilines is 2. The lowest BCUT2D eigenvalue weighted by Gasteiger charge is -2.31. The van der Waals surface area contributed by atoms with E-state index in [2.05, 4.69) is 20.8 Å². The zero-order valence-electron chi connectivity index (χ0n) is 16.0. The molecule has 3 aromatic rings. The van der Waals surface area contributed by atoms with Gasteiger partial charge in [-0.15, -0.1) is 10.2 Å². The number of hydrogen-bond donors (Lipinski definition) is 2. The fourth-order valence-electron chi connectivity index (χ4n) is 3.30. The minimum atomic E-state index is -0.280. The minimum Gasteiger partial charge on any atom is -0.324 e. The molecular formula is C21H20ClN5O2S. The molecule has 7 nitrogen and oxygen atoms in total. The van der Waals surface area contributed by atoms with Gasteiger partial charge >= 0.3 is 6.03 Å². The van der Waals surface area contributed by atoms with Crippen molar-refractivity contribution >= 4 is 46.3 Å². The summed E-state index contributed by atoms with van der Waals surface area (Å²) in [5, 5.41) is 15.7. The van der Waals surface area contributed by atoms with E-state index in [-0.39, 0.29) is 17.9 Å². The maximum absolute atomic E-state index is 12.6. The molecular weight excluding hydrogens is 422 g/mol. The number of benzene rings is 2. The molecule has 4 rings (SSSR count). The van der Waals surface area contributed by atoms with Crippen LogP contribution in [0.25, 0.3) is 0 Å². The van der Waals surface area contributed by atoms with Crippen molar-refractivity contribution in [1.29, 1.82) is 0 Å². The summed E-state index contributed by atoms with van der Waals surface area (Å²) in [6.07, 6.45) is 1.77. The third-order valence-corrected chi connectivity index (χ3v) is 6.16. The Morgan fingerprint density at radius 1 is 1.00 bits per heavy atom. The first kappa shape index (κ1) is 20.3. The SMILES string of the molecule is O=C(Nc1ccccc1)c1nnc(C2CCCN(C(=O)Nc3ccc(Cl)cc3)C2)s1. The summed E-state index contributed by atoms with van der Waals surface area (Å²) in [6.45, 7) is 1.21. The topological polar surface area (TPSA) is 87.2 Å². The van der Waals surface area contributed by atoms with Gasteiger partial charge in [-0.2, -0.15) is 0 Å². The summed E-state index contributed by atoms with van der Waals surface area (Å²) < 4.78 is 0. The second-order valence-electron chi connectivity index (χ2n) is 6.99. The second kappa shape index (κ2) is 9.23. The van der Waals surface area contributed by atoms with Crippen LogP contribution in [0.4, 0.5) is 16.2 Å².